The van der Waals surface area contributed by atoms with Crippen LogP contribution in [-0.2, 0) is 21.9 Å². The van der Waals surface area contributed by atoms with E-state index in [9.17, 15) is 36.2 Å². The standard InChI is InChI=1S/C24H23F6NO3/c1-12-5-3-4-6-17(12)21-18-10-19(32)22(33)31(18)11-20(21)34-13(2)14-7-15(23(25,26)27)9-16(8-14)24(28,29)30/h3-9,13,18-21,32H,10-11H2,1-2H3/t13-,18+,19?,20+,21+/m1/s1. The number of aliphatic hydroxyl groups excluding tert-OH is 1. The zero-order valence-corrected chi connectivity index (χ0v) is 18.3. The van der Waals surface area contributed by atoms with Crippen LogP contribution in [0.3, 0.4) is 0 Å². The SMILES string of the molecule is Cc1ccccc1[C@@H]1[C@@H](O[C@H](C)c2cc(C(F)(F)F)cc(C(F)(F)F)c2)CN2C(=O)C(O)C[C@@H]12. The Labute approximate surface area is 192 Å². The van der Waals surface area contributed by atoms with Crippen LogP contribution in [0.5, 0.6) is 0 Å². The zero-order chi connectivity index (χ0) is 25.0. The van der Waals surface area contributed by atoms with E-state index in [0.29, 0.717) is 12.1 Å². The Morgan fingerprint density at radius 1 is 1.03 bits per heavy atom. The average Bonchev–Trinajstić information content (AvgIpc) is 3.22. The second-order valence-electron chi connectivity index (χ2n) is 8.85. The number of carbonyl (C=O) groups is 1. The van der Waals surface area contributed by atoms with Crippen molar-refractivity contribution in [1.82, 2.24) is 4.90 Å². The van der Waals surface area contributed by atoms with Gasteiger partial charge in [0.1, 0.15) is 6.10 Å². The van der Waals surface area contributed by atoms with Gasteiger partial charge in [-0.3, -0.25) is 4.79 Å². The summed E-state index contributed by atoms with van der Waals surface area (Å²) in [5.74, 6) is -0.849. The summed E-state index contributed by atoms with van der Waals surface area (Å²) in [5.41, 5.74) is -1.32. The largest absolute Gasteiger partial charge is 0.416 e. The van der Waals surface area contributed by atoms with Crippen molar-refractivity contribution in [2.75, 3.05) is 6.54 Å². The first-order chi connectivity index (χ1) is 15.8. The van der Waals surface area contributed by atoms with Gasteiger partial charge in [0, 0.05) is 24.9 Å². The molecule has 0 radical (unpaired) electrons. The molecule has 1 amide bonds. The fourth-order valence-corrected chi connectivity index (χ4v) is 4.98. The maximum absolute atomic E-state index is 13.3. The summed E-state index contributed by atoms with van der Waals surface area (Å²) in [6.45, 7) is 3.34. The van der Waals surface area contributed by atoms with Gasteiger partial charge in [0.15, 0.2) is 0 Å². The van der Waals surface area contributed by atoms with Gasteiger partial charge < -0.3 is 14.7 Å². The number of carbonyl (C=O) groups excluding carboxylic acids is 1. The number of rotatable bonds is 4. The molecule has 1 N–H and O–H groups in total. The Morgan fingerprint density at radius 2 is 1.62 bits per heavy atom. The number of hydrogen-bond donors (Lipinski definition) is 1. The molecule has 0 saturated carbocycles. The summed E-state index contributed by atoms with van der Waals surface area (Å²) < 4.78 is 85.8. The van der Waals surface area contributed by atoms with Crippen LogP contribution in [0.4, 0.5) is 26.3 Å². The van der Waals surface area contributed by atoms with E-state index < -0.39 is 53.6 Å². The summed E-state index contributed by atoms with van der Waals surface area (Å²) >= 11 is 0. The van der Waals surface area contributed by atoms with Gasteiger partial charge in [-0.15, -0.1) is 0 Å². The highest BCUT2D eigenvalue weighted by molar-refractivity contribution is 5.84. The van der Waals surface area contributed by atoms with E-state index in [0.717, 1.165) is 11.1 Å². The van der Waals surface area contributed by atoms with Crippen LogP contribution in [0.25, 0.3) is 0 Å². The predicted octanol–water partition coefficient (Wildman–Crippen LogP) is 5.24. The van der Waals surface area contributed by atoms with Crippen molar-refractivity contribution >= 4 is 5.91 Å². The molecule has 184 valence electrons. The van der Waals surface area contributed by atoms with Crippen molar-refractivity contribution < 1.29 is 41.0 Å². The number of halogens is 6. The first-order valence-corrected chi connectivity index (χ1v) is 10.8. The second kappa shape index (κ2) is 8.57. The van der Waals surface area contributed by atoms with Crippen LogP contribution in [0.2, 0.25) is 0 Å². The normalized spacial score (nSPS) is 26.1. The van der Waals surface area contributed by atoms with Crippen molar-refractivity contribution in [1.29, 1.82) is 0 Å². The third-order valence-corrected chi connectivity index (χ3v) is 6.63. The van der Waals surface area contributed by atoms with E-state index in [2.05, 4.69) is 0 Å². The van der Waals surface area contributed by atoms with Gasteiger partial charge in [-0.1, -0.05) is 24.3 Å². The number of aliphatic hydroxyl groups is 1. The van der Waals surface area contributed by atoms with Gasteiger partial charge >= 0.3 is 12.4 Å². The molecule has 1 unspecified atom stereocenters. The number of nitrogens with zero attached hydrogens (tertiary/aromatic N) is 1. The Balaban J connectivity index is 1.69. The molecule has 0 spiro atoms. The highest BCUT2D eigenvalue weighted by Crippen LogP contribution is 2.45. The molecule has 2 aromatic rings. The molecule has 2 heterocycles. The van der Waals surface area contributed by atoms with Gasteiger partial charge in [0.25, 0.3) is 5.91 Å². The first kappa shape index (κ1) is 24.5. The van der Waals surface area contributed by atoms with Crippen LogP contribution < -0.4 is 0 Å². The smallest absolute Gasteiger partial charge is 0.383 e. The third kappa shape index (κ3) is 4.53. The summed E-state index contributed by atoms with van der Waals surface area (Å²) in [7, 11) is 0. The number of ether oxygens (including phenoxy) is 1. The molecule has 0 bridgehead atoms. The Kier molecular flexibility index (Phi) is 6.18. The molecule has 0 aromatic heterocycles. The van der Waals surface area contributed by atoms with Crippen molar-refractivity contribution in [3.05, 3.63) is 70.3 Å². The molecule has 2 aromatic carbocycles. The molecule has 34 heavy (non-hydrogen) atoms. The lowest BCUT2D eigenvalue weighted by molar-refractivity contribution is -0.143. The van der Waals surface area contributed by atoms with Gasteiger partial charge in [-0.05, 0) is 48.7 Å². The number of benzene rings is 2. The number of alkyl halides is 6. The summed E-state index contributed by atoms with van der Waals surface area (Å²) in [6.07, 6.45) is -12.7. The molecule has 4 rings (SSSR count). The number of fused-ring (bicyclic) bond motifs is 1. The number of amides is 1. The van der Waals surface area contributed by atoms with E-state index in [1.807, 2.05) is 25.1 Å². The Hall–Kier alpha value is -2.59. The van der Waals surface area contributed by atoms with Gasteiger partial charge in [0.05, 0.1) is 23.3 Å². The van der Waals surface area contributed by atoms with Gasteiger partial charge in [-0.25, -0.2) is 0 Å². The molecular formula is C24H23F6NO3. The Morgan fingerprint density at radius 3 is 2.18 bits per heavy atom. The topological polar surface area (TPSA) is 49.8 Å². The minimum atomic E-state index is -4.96. The highest BCUT2D eigenvalue weighted by atomic mass is 19.4. The molecule has 4 nitrogen and oxygen atoms in total. The highest BCUT2D eigenvalue weighted by Gasteiger charge is 2.52. The molecule has 2 saturated heterocycles. The lowest BCUT2D eigenvalue weighted by Gasteiger charge is -2.28. The fourth-order valence-electron chi connectivity index (χ4n) is 4.98. The third-order valence-electron chi connectivity index (χ3n) is 6.63. The lowest BCUT2D eigenvalue weighted by Crippen LogP contribution is -2.32. The minimum Gasteiger partial charge on any atom is -0.383 e. The zero-order valence-electron chi connectivity index (χ0n) is 18.3. The van der Waals surface area contributed by atoms with E-state index in [-0.39, 0.29) is 30.6 Å². The predicted molar refractivity (Wildman–Crippen MR) is 110 cm³/mol. The molecule has 10 heteroatoms. The van der Waals surface area contributed by atoms with Crippen LogP contribution in [0, 0.1) is 6.92 Å². The molecular weight excluding hydrogens is 464 g/mol. The lowest BCUT2D eigenvalue weighted by atomic mass is 9.85. The van der Waals surface area contributed by atoms with Gasteiger partial charge in [-0.2, -0.15) is 26.3 Å². The van der Waals surface area contributed by atoms with Gasteiger partial charge in [0.2, 0.25) is 0 Å². The Bertz CT molecular complexity index is 1050. The first-order valence-electron chi connectivity index (χ1n) is 10.8. The van der Waals surface area contributed by atoms with E-state index in [1.165, 1.54) is 11.8 Å². The maximum atomic E-state index is 13.3. The molecule has 2 fully saturated rings. The van der Waals surface area contributed by atoms with Crippen molar-refractivity contribution in [3.63, 3.8) is 0 Å². The van der Waals surface area contributed by atoms with E-state index in [1.54, 1.807) is 6.07 Å². The minimum absolute atomic E-state index is 0.0784. The quantitative estimate of drug-likeness (QED) is 0.601. The van der Waals surface area contributed by atoms with Crippen LogP contribution in [0.15, 0.2) is 42.5 Å². The van der Waals surface area contributed by atoms with E-state index in [4.69, 9.17) is 4.74 Å². The monoisotopic (exact) mass is 487 g/mol. The van der Waals surface area contributed by atoms with Crippen LogP contribution >= 0.6 is 0 Å². The second-order valence-corrected chi connectivity index (χ2v) is 8.85. The van der Waals surface area contributed by atoms with Crippen molar-refractivity contribution in [2.24, 2.45) is 0 Å². The molecule has 2 aliphatic rings. The summed E-state index contributed by atoms with van der Waals surface area (Å²) in [4.78, 5) is 13.9. The molecule has 0 aliphatic carbocycles. The van der Waals surface area contributed by atoms with E-state index >= 15 is 0 Å². The average molecular weight is 487 g/mol. The van der Waals surface area contributed by atoms with Crippen LogP contribution in [0.1, 0.15) is 53.2 Å². The number of hydrogen-bond acceptors (Lipinski definition) is 3. The van der Waals surface area contributed by atoms with Crippen molar-refractivity contribution in [2.45, 2.75) is 62.9 Å². The molecule has 2 aliphatic heterocycles. The fraction of sp³-hybridized carbons (Fsp3) is 0.458. The van der Waals surface area contributed by atoms with Crippen molar-refractivity contribution in [3.8, 4) is 0 Å². The number of aryl methyl sites for hydroxylation is 1. The summed E-state index contributed by atoms with van der Waals surface area (Å²) in [5, 5.41) is 10.1. The molecule has 5 atom stereocenters. The summed E-state index contributed by atoms with van der Waals surface area (Å²) in [6, 6.07) is 8.38. The van der Waals surface area contributed by atoms with Crippen LogP contribution in [-0.4, -0.2) is 40.7 Å². The maximum Gasteiger partial charge on any atom is 0.416 e.